The minimum absolute atomic E-state index is 0.158. The number of rotatable bonds is 5. The van der Waals surface area contributed by atoms with Crippen LogP contribution in [0.25, 0.3) is 0 Å². The lowest BCUT2D eigenvalue weighted by atomic mass is 9.92. The molecule has 0 radical (unpaired) electrons. The third kappa shape index (κ3) is 2.81. The van der Waals surface area contributed by atoms with Crippen molar-refractivity contribution in [2.24, 2.45) is 0 Å². The van der Waals surface area contributed by atoms with Gasteiger partial charge in [0.25, 0.3) is 0 Å². The second-order valence-corrected chi connectivity index (χ2v) is 4.15. The van der Waals surface area contributed by atoms with E-state index in [1.54, 1.807) is 19.9 Å². The minimum atomic E-state index is -1.43. The lowest BCUT2D eigenvalue weighted by Gasteiger charge is -2.29. The molecule has 1 aromatic carbocycles. The molecule has 0 fully saturated rings. The van der Waals surface area contributed by atoms with Gasteiger partial charge in [0, 0.05) is 0 Å². The summed E-state index contributed by atoms with van der Waals surface area (Å²) < 4.78 is 27.4. The molecule has 0 heterocycles. The summed E-state index contributed by atoms with van der Waals surface area (Å²) in [7, 11) is 0. The molecule has 2 N–H and O–H groups in total. The monoisotopic (exact) mass is 268 g/mol. The average molecular weight is 268 g/mol. The second-order valence-electron chi connectivity index (χ2n) is 4.15. The summed E-state index contributed by atoms with van der Waals surface area (Å²) >= 11 is 0. The summed E-state index contributed by atoms with van der Waals surface area (Å²) in [5, 5.41) is 20.2. The smallest absolute Gasteiger partial charge is 0.329 e. The van der Waals surface area contributed by atoms with Crippen molar-refractivity contribution in [2.75, 3.05) is 5.32 Å². The lowest BCUT2D eigenvalue weighted by molar-refractivity contribution is -0.142. The van der Waals surface area contributed by atoms with E-state index < -0.39 is 28.8 Å². The van der Waals surface area contributed by atoms with Crippen LogP contribution in [-0.2, 0) is 4.79 Å². The largest absolute Gasteiger partial charge is 0.480 e. The summed E-state index contributed by atoms with van der Waals surface area (Å²) in [5.74, 6) is -3.14. The first-order chi connectivity index (χ1) is 8.90. The summed E-state index contributed by atoms with van der Waals surface area (Å²) in [5.41, 5.74) is -2.12. The number of nitrogens with zero attached hydrogens (tertiary/aromatic N) is 1. The van der Waals surface area contributed by atoms with Crippen LogP contribution in [0.1, 0.15) is 32.3 Å². The predicted molar refractivity (Wildman–Crippen MR) is 65.6 cm³/mol. The highest BCUT2D eigenvalue weighted by molar-refractivity contribution is 5.82. The molecule has 102 valence electrons. The van der Waals surface area contributed by atoms with E-state index in [9.17, 15) is 18.7 Å². The fourth-order valence-corrected chi connectivity index (χ4v) is 1.78. The number of carbonyl (C=O) groups is 1. The van der Waals surface area contributed by atoms with Gasteiger partial charge in [-0.05, 0) is 25.0 Å². The fourth-order valence-electron chi connectivity index (χ4n) is 1.78. The molecule has 6 heteroatoms. The van der Waals surface area contributed by atoms with Crippen LogP contribution < -0.4 is 5.32 Å². The second kappa shape index (κ2) is 5.65. The molecular weight excluding hydrogens is 254 g/mol. The molecule has 0 atom stereocenters. The third-order valence-corrected chi connectivity index (χ3v) is 3.15. The van der Waals surface area contributed by atoms with Gasteiger partial charge in [-0.2, -0.15) is 5.26 Å². The standard InChI is InChI=1S/C13H14F2N2O2/c1-3-13(4-2,12(18)19)17-11-9(14)5-8(7-16)6-10(11)15/h5-6,17H,3-4H2,1-2H3,(H,18,19). The normalized spacial score (nSPS) is 10.9. The number of hydrogen-bond donors (Lipinski definition) is 2. The number of hydrogen-bond acceptors (Lipinski definition) is 3. The molecule has 0 saturated heterocycles. The van der Waals surface area contributed by atoms with Gasteiger partial charge in [0.2, 0.25) is 0 Å². The maximum Gasteiger partial charge on any atom is 0.329 e. The first-order valence-electron chi connectivity index (χ1n) is 5.81. The van der Waals surface area contributed by atoms with Crippen LogP contribution in [0.2, 0.25) is 0 Å². The number of benzene rings is 1. The zero-order valence-corrected chi connectivity index (χ0v) is 10.6. The molecule has 0 amide bonds. The van der Waals surface area contributed by atoms with Gasteiger partial charge in [-0.25, -0.2) is 13.6 Å². The number of carboxylic acid groups (broad SMARTS) is 1. The predicted octanol–water partition coefficient (Wildman–Crippen LogP) is 2.89. The van der Waals surface area contributed by atoms with E-state index in [1.165, 1.54) is 0 Å². The summed E-state index contributed by atoms with van der Waals surface area (Å²) in [4.78, 5) is 11.3. The molecule has 1 rings (SSSR count). The third-order valence-electron chi connectivity index (χ3n) is 3.15. The van der Waals surface area contributed by atoms with Crippen molar-refractivity contribution in [2.45, 2.75) is 32.2 Å². The Kier molecular flexibility index (Phi) is 4.43. The number of anilines is 1. The number of halogens is 2. The van der Waals surface area contributed by atoms with Gasteiger partial charge in [0.1, 0.15) is 11.2 Å². The van der Waals surface area contributed by atoms with Crippen molar-refractivity contribution in [1.82, 2.24) is 0 Å². The van der Waals surface area contributed by atoms with E-state index in [2.05, 4.69) is 5.32 Å². The van der Waals surface area contributed by atoms with Crippen molar-refractivity contribution in [3.8, 4) is 6.07 Å². The zero-order valence-electron chi connectivity index (χ0n) is 10.6. The molecule has 0 aliphatic heterocycles. The van der Waals surface area contributed by atoms with Crippen LogP contribution in [0.15, 0.2) is 12.1 Å². The van der Waals surface area contributed by atoms with Crippen LogP contribution in [0.4, 0.5) is 14.5 Å². The van der Waals surface area contributed by atoms with Gasteiger partial charge in [-0.3, -0.25) is 0 Å². The summed E-state index contributed by atoms with van der Waals surface area (Å²) in [6, 6.07) is 3.35. The van der Waals surface area contributed by atoms with Crippen molar-refractivity contribution >= 4 is 11.7 Å². The van der Waals surface area contributed by atoms with Crippen molar-refractivity contribution in [3.05, 3.63) is 29.3 Å². The Morgan fingerprint density at radius 2 is 1.84 bits per heavy atom. The Labute approximate surface area is 109 Å². The lowest BCUT2D eigenvalue weighted by Crippen LogP contribution is -2.45. The zero-order chi connectivity index (χ0) is 14.6. The number of nitrogens with one attached hydrogen (secondary N) is 1. The molecule has 0 spiro atoms. The van der Waals surface area contributed by atoms with E-state index in [-0.39, 0.29) is 18.4 Å². The molecule has 0 aliphatic carbocycles. The summed E-state index contributed by atoms with van der Waals surface area (Å²) in [6.07, 6.45) is 0.329. The average Bonchev–Trinajstić information content (AvgIpc) is 2.38. The van der Waals surface area contributed by atoms with Gasteiger partial charge in [0.15, 0.2) is 11.6 Å². The molecule has 1 aromatic rings. The molecule has 0 bridgehead atoms. The molecule has 0 unspecified atom stereocenters. The Hall–Kier alpha value is -2.16. The molecule has 0 saturated carbocycles. The van der Waals surface area contributed by atoms with Gasteiger partial charge in [-0.15, -0.1) is 0 Å². The highest BCUT2D eigenvalue weighted by atomic mass is 19.1. The maximum absolute atomic E-state index is 13.7. The van der Waals surface area contributed by atoms with Crippen molar-refractivity contribution in [1.29, 1.82) is 5.26 Å². The van der Waals surface area contributed by atoms with Crippen LogP contribution in [0, 0.1) is 23.0 Å². The minimum Gasteiger partial charge on any atom is -0.480 e. The van der Waals surface area contributed by atoms with E-state index in [0.717, 1.165) is 12.1 Å². The first-order valence-corrected chi connectivity index (χ1v) is 5.81. The van der Waals surface area contributed by atoms with Crippen LogP contribution in [-0.4, -0.2) is 16.6 Å². The first kappa shape index (κ1) is 14.9. The Morgan fingerprint density at radius 1 is 1.37 bits per heavy atom. The topological polar surface area (TPSA) is 73.1 Å². The maximum atomic E-state index is 13.7. The number of aliphatic carboxylic acids is 1. The highest BCUT2D eigenvalue weighted by Crippen LogP contribution is 2.27. The van der Waals surface area contributed by atoms with Crippen molar-refractivity contribution < 1.29 is 18.7 Å². The van der Waals surface area contributed by atoms with Gasteiger partial charge in [-0.1, -0.05) is 13.8 Å². The fraction of sp³-hybridized carbons (Fsp3) is 0.385. The summed E-state index contributed by atoms with van der Waals surface area (Å²) in [6.45, 7) is 3.23. The van der Waals surface area contributed by atoms with E-state index in [1.807, 2.05) is 0 Å². The van der Waals surface area contributed by atoms with Crippen LogP contribution in [0.5, 0.6) is 0 Å². The number of nitriles is 1. The van der Waals surface area contributed by atoms with E-state index in [4.69, 9.17) is 5.26 Å². The number of carboxylic acids is 1. The van der Waals surface area contributed by atoms with Crippen molar-refractivity contribution in [3.63, 3.8) is 0 Å². The van der Waals surface area contributed by atoms with E-state index >= 15 is 0 Å². The van der Waals surface area contributed by atoms with Gasteiger partial charge < -0.3 is 10.4 Å². The quantitative estimate of drug-likeness (QED) is 0.861. The van der Waals surface area contributed by atoms with E-state index in [0.29, 0.717) is 0 Å². The Bertz CT molecular complexity index is 511. The molecule has 0 aliphatic rings. The molecule has 0 aromatic heterocycles. The molecule has 19 heavy (non-hydrogen) atoms. The molecular formula is C13H14F2N2O2. The van der Waals surface area contributed by atoms with Gasteiger partial charge in [0.05, 0.1) is 11.6 Å². The van der Waals surface area contributed by atoms with Crippen LogP contribution >= 0.6 is 0 Å². The SMILES string of the molecule is CCC(CC)(Nc1c(F)cc(C#N)cc1F)C(=O)O. The molecule has 4 nitrogen and oxygen atoms in total. The highest BCUT2D eigenvalue weighted by Gasteiger charge is 2.36. The Morgan fingerprint density at radius 3 is 2.16 bits per heavy atom. The van der Waals surface area contributed by atoms with Crippen LogP contribution in [0.3, 0.4) is 0 Å². The van der Waals surface area contributed by atoms with Gasteiger partial charge >= 0.3 is 5.97 Å². The Balaban J connectivity index is 3.25.